The fourth-order valence-electron chi connectivity index (χ4n) is 6.50. The number of carbonyl (C=O) groups is 4. The van der Waals surface area contributed by atoms with Crippen LogP contribution in [0.25, 0.3) is 0 Å². The van der Waals surface area contributed by atoms with Gasteiger partial charge in [0.25, 0.3) is 0 Å². The highest BCUT2D eigenvalue weighted by molar-refractivity contribution is 6.05. The fourth-order valence-corrected chi connectivity index (χ4v) is 6.50. The van der Waals surface area contributed by atoms with Crippen LogP contribution in [-0.4, -0.2) is 58.1 Å². The molecule has 4 rings (SSSR count). The Kier molecular flexibility index (Phi) is 11.5. The average Bonchev–Trinajstić information content (AvgIpc) is 3.02. The van der Waals surface area contributed by atoms with Gasteiger partial charge in [0, 0.05) is 11.1 Å². The molecule has 2 fully saturated rings. The van der Waals surface area contributed by atoms with Crippen LogP contribution in [0.4, 0.5) is 0 Å². The maximum atomic E-state index is 13.2. The Morgan fingerprint density at radius 1 is 0.614 bits per heavy atom. The van der Waals surface area contributed by atoms with E-state index < -0.39 is 46.5 Å². The predicted molar refractivity (Wildman–Crippen MR) is 165 cm³/mol. The molecule has 238 valence electrons. The molecule has 0 bridgehead atoms. The van der Waals surface area contributed by atoms with E-state index in [1.165, 1.54) is 0 Å². The summed E-state index contributed by atoms with van der Waals surface area (Å²) in [6.07, 6.45) is 6.80. The van der Waals surface area contributed by atoms with Crippen molar-refractivity contribution < 1.29 is 38.9 Å². The number of unbranched alkanes of at least 4 members (excludes halogenated alkanes) is 3. The third-order valence-electron chi connectivity index (χ3n) is 9.26. The molecule has 2 saturated carbocycles. The zero-order chi connectivity index (χ0) is 31.7. The number of hydrogen-bond donors (Lipinski definition) is 2. The molecule has 0 aromatic heterocycles. The van der Waals surface area contributed by atoms with Crippen molar-refractivity contribution in [3.63, 3.8) is 0 Å². The molecule has 0 saturated heterocycles. The molecule has 0 amide bonds. The van der Waals surface area contributed by atoms with Crippen LogP contribution in [0.2, 0.25) is 0 Å². The van der Waals surface area contributed by atoms with Crippen molar-refractivity contribution in [2.75, 3.05) is 13.2 Å². The van der Waals surface area contributed by atoms with Crippen molar-refractivity contribution in [2.24, 2.45) is 11.8 Å². The van der Waals surface area contributed by atoms with Crippen LogP contribution in [0.1, 0.15) is 109 Å². The minimum Gasteiger partial charge on any atom is -0.465 e. The van der Waals surface area contributed by atoms with Gasteiger partial charge in [-0.2, -0.15) is 0 Å². The number of aliphatic hydroxyl groups is 2. The molecule has 4 atom stereocenters. The summed E-state index contributed by atoms with van der Waals surface area (Å²) in [5, 5.41) is 22.7. The molecule has 2 aliphatic carbocycles. The summed E-state index contributed by atoms with van der Waals surface area (Å²) in [6.45, 7) is 4.20. The zero-order valence-electron chi connectivity index (χ0n) is 26.0. The number of esters is 2. The highest BCUT2D eigenvalue weighted by Crippen LogP contribution is 2.38. The smallest absolute Gasteiger partial charge is 0.312 e. The van der Waals surface area contributed by atoms with Gasteiger partial charge in [0.1, 0.15) is 11.2 Å². The molecule has 2 aliphatic rings. The number of ketones is 2. The Labute approximate surface area is 260 Å². The lowest BCUT2D eigenvalue weighted by molar-refractivity contribution is -0.160. The summed E-state index contributed by atoms with van der Waals surface area (Å²) in [6, 6.07) is 14.0. The number of benzene rings is 2. The van der Waals surface area contributed by atoms with Gasteiger partial charge in [0.2, 0.25) is 0 Å². The summed E-state index contributed by atoms with van der Waals surface area (Å²) < 4.78 is 11.0. The molecule has 44 heavy (non-hydrogen) atoms. The van der Waals surface area contributed by atoms with Crippen molar-refractivity contribution in [3.8, 4) is 0 Å². The van der Waals surface area contributed by atoms with E-state index in [1.54, 1.807) is 24.3 Å². The number of ether oxygens (including phenoxy) is 2. The second-order valence-electron chi connectivity index (χ2n) is 12.6. The van der Waals surface area contributed by atoms with Gasteiger partial charge in [-0.05, 0) is 65.2 Å². The summed E-state index contributed by atoms with van der Waals surface area (Å²) >= 11 is 0. The Balaban J connectivity index is 1.18. The molecule has 0 radical (unpaired) electrons. The van der Waals surface area contributed by atoms with E-state index in [2.05, 4.69) is 0 Å². The Morgan fingerprint density at radius 2 is 0.977 bits per heavy atom. The van der Waals surface area contributed by atoms with Gasteiger partial charge in [-0.15, -0.1) is 0 Å². The highest BCUT2D eigenvalue weighted by Gasteiger charge is 2.51. The maximum Gasteiger partial charge on any atom is 0.312 e. The first-order chi connectivity index (χ1) is 21.1. The number of aryl methyl sites for hydroxylation is 2. The number of rotatable bonds is 13. The first-order valence-corrected chi connectivity index (χ1v) is 16.1. The van der Waals surface area contributed by atoms with E-state index in [4.69, 9.17) is 9.47 Å². The standard InChI is InChI=1S/C36H46O8/c1-25-13-17-27(18-14-25)31(37)35(41)21-7-5-11-29(35)33(39)43-23-9-3-4-10-24-44-34(40)30-12-6-8-22-36(30,42)32(38)28-19-15-26(2)16-20-28/h13-20,29-30,41-42H,3-12,21-24H2,1-2H3. The van der Waals surface area contributed by atoms with Gasteiger partial charge < -0.3 is 19.7 Å². The van der Waals surface area contributed by atoms with E-state index in [9.17, 15) is 29.4 Å². The maximum absolute atomic E-state index is 13.2. The lowest BCUT2D eigenvalue weighted by Crippen LogP contribution is -2.51. The van der Waals surface area contributed by atoms with Gasteiger partial charge in [0.15, 0.2) is 11.6 Å². The Hall–Kier alpha value is -3.36. The quantitative estimate of drug-likeness (QED) is 0.165. The van der Waals surface area contributed by atoms with E-state index >= 15 is 0 Å². The van der Waals surface area contributed by atoms with Crippen LogP contribution >= 0.6 is 0 Å². The molecule has 8 nitrogen and oxygen atoms in total. The minimum absolute atomic E-state index is 0.181. The largest absolute Gasteiger partial charge is 0.465 e. The second kappa shape index (κ2) is 15.1. The lowest BCUT2D eigenvalue weighted by atomic mass is 9.71. The van der Waals surface area contributed by atoms with Crippen LogP contribution < -0.4 is 0 Å². The average molecular weight is 607 g/mol. The molecule has 2 N–H and O–H groups in total. The van der Waals surface area contributed by atoms with Crippen molar-refractivity contribution in [1.29, 1.82) is 0 Å². The molecule has 0 spiro atoms. The summed E-state index contributed by atoms with van der Waals surface area (Å²) in [4.78, 5) is 52.3. The Morgan fingerprint density at radius 3 is 1.34 bits per heavy atom. The van der Waals surface area contributed by atoms with Gasteiger partial charge in [-0.25, -0.2) is 0 Å². The molecule has 0 heterocycles. The van der Waals surface area contributed by atoms with E-state index in [-0.39, 0.29) is 26.1 Å². The van der Waals surface area contributed by atoms with Gasteiger partial charge in [-0.3, -0.25) is 19.2 Å². The molecular weight excluding hydrogens is 560 g/mol. The van der Waals surface area contributed by atoms with Gasteiger partial charge in [-0.1, -0.05) is 85.3 Å². The predicted octanol–water partition coefficient (Wildman–Crippen LogP) is 5.86. The normalized spacial score (nSPS) is 25.2. The van der Waals surface area contributed by atoms with E-state index in [1.807, 2.05) is 38.1 Å². The first-order valence-electron chi connectivity index (χ1n) is 16.1. The van der Waals surface area contributed by atoms with Crippen LogP contribution in [0.3, 0.4) is 0 Å². The molecule has 4 unspecified atom stereocenters. The molecule has 8 heteroatoms. The van der Waals surface area contributed by atoms with E-state index in [0.717, 1.165) is 36.8 Å². The number of hydrogen-bond acceptors (Lipinski definition) is 8. The zero-order valence-corrected chi connectivity index (χ0v) is 26.0. The molecule has 0 aliphatic heterocycles. The van der Waals surface area contributed by atoms with Crippen LogP contribution in [0.15, 0.2) is 48.5 Å². The van der Waals surface area contributed by atoms with Crippen LogP contribution in [-0.2, 0) is 19.1 Å². The molecule has 2 aromatic carbocycles. The van der Waals surface area contributed by atoms with Crippen molar-refractivity contribution >= 4 is 23.5 Å². The monoisotopic (exact) mass is 606 g/mol. The summed E-state index contributed by atoms with van der Waals surface area (Å²) in [5.74, 6) is -3.72. The summed E-state index contributed by atoms with van der Waals surface area (Å²) in [7, 11) is 0. The van der Waals surface area contributed by atoms with Gasteiger partial charge in [0.05, 0.1) is 25.0 Å². The van der Waals surface area contributed by atoms with Crippen molar-refractivity contribution in [3.05, 3.63) is 70.8 Å². The highest BCUT2D eigenvalue weighted by atomic mass is 16.5. The van der Waals surface area contributed by atoms with Gasteiger partial charge >= 0.3 is 11.9 Å². The lowest BCUT2D eigenvalue weighted by Gasteiger charge is -2.37. The summed E-state index contributed by atoms with van der Waals surface area (Å²) in [5.41, 5.74) is -0.719. The van der Waals surface area contributed by atoms with E-state index in [0.29, 0.717) is 49.7 Å². The minimum atomic E-state index is -1.76. The third-order valence-corrected chi connectivity index (χ3v) is 9.26. The molecular formula is C36H46O8. The van der Waals surface area contributed by atoms with Crippen molar-refractivity contribution in [1.82, 2.24) is 0 Å². The Bertz CT molecular complexity index is 1200. The number of Topliss-reactive ketones (excluding diaryl/α,β-unsaturated/α-hetero) is 2. The SMILES string of the molecule is Cc1ccc(C(=O)C2(O)CCCCC2C(=O)OCCCCCCOC(=O)C2CCCCC2(O)C(=O)c2ccc(C)cc2)cc1. The molecule has 2 aromatic rings. The van der Waals surface area contributed by atoms with Crippen LogP contribution in [0.5, 0.6) is 0 Å². The topological polar surface area (TPSA) is 127 Å². The second-order valence-corrected chi connectivity index (χ2v) is 12.6. The van der Waals surface area contributed by atoms with Crippen molar-refractivity contribution in [2.45, 2.75) is 102 Å². The van der Waals surface area contributed by atoms with Crippen LogP contribution in [0, 0.1) is 25.7 Å². The third kappa shape index (κ3) is 7.83. The first kappa shape index (κ1) is 33.5. The fraction of sp³-hybridized carbons (Fsp3) is 0.556. The number of carbonyl (C=O) groups excluding carboxylic acids is 4.